The molecule has 0 aliphatic heterocycles. The van der Waals surface area contributed by atoms with Crippen LogP contribution in [0.2, 0.25) is 10.0 Å². The predicted molar refractivity (Wildman–Crippen MR) is 81.2 cm³/mol. The van der Waals surface area contributed by atoms with Crippen LogP contribution in [0.5, 0.6) is 0 Å². The second-order valence-corrected chi connectivity index (χ2v) is 5.68. The fraction of sp³-hybridized carbons (Fsp3) is 0.429. The van der Waals surface area contributed by atoms with Gasteiger partial charge >= 0.3 is 0 Å². The molecule has 1 aromatic carbocycles. The third-order valence-electron chi connectivity index (χ3n) is 2.75. The maximum atomic E-state index is 6.11. The van der Waals surface area contributed by atoms with Crippen molar-refractivity contribution in [1.82, 2.24) is 15.5 Å². The van der Waals surface area contributed by atoms with Crippen LogP contribution in [0.4, 0.5) is 0 Å². The molecule has 0 bridgehead atoms. The highest BCUT2D eigenvalue weighted by molar-refractivity contribution is 6.36. The van der Waals surface area contributed by atoms with Crippen molar-refractivity contribution in [3.8, 4) is 11.5 Å². The lowest BCUT2D eigenvalue weighted by Crippen LogP contribution is -2.23. The number of aromatic nitrogens is 2. The van der Waals surface area contributed by atoms with Gasteiger partial charge in [-0.2, -0.15) is 0 Å². The number of nitrogens with zero attached hydrogens (tertiary/aromatic N) is 2. The molecule has 2 aromatic rings. The molecular formula is C14H17Cl2N3O. The molecule has 0 atom stereocenters. The quantitative estimate of drug-likeness (QED) is 0.820. The minimum atomic E-state index is 0.429. The van der Waals surface area contributed by atoms with Crippen LogP contribution in [0.3, 0.4) is 0 Å². The Morgan fingerprint density at radius 3 is 2.75 bits per heavy atom. The zero-order valence-corrected chi connectivity index (χ0v) is 13.0. The summed E-state index contributed by atoms with van der Waals surface area (Å²) in [5.74, 6) is 1.05. The first-order valence-corrected chi connectivity index (χ1v) is 7.33. The molecular weight excluding hydrogens is 297 g/mol. The zero-order valence-electron chi connectivity index (χ0n) is 11.5. The highest BCUT2D eigenvalue weighted by Gasteiger charge is 2.12. The number of hydrogen-bond acceptors (Lipinski definition) is 4. The maximum absolute atomic E-state index is 6.11. The van der Waals surface area contributed by atoms with E-state index in [-0.39, 0.29) is 0 Å². The smallest absolute Gasteiger partial charge is 0.249 e. The van der Waals surface area contributed by atoms with Gasteiger partial charge < -0.3 is 9.73 Å². The summed E-state index contributed by atoms with van der Waals surface area (Å²) in [7, 11) is 0. The van der Waals surface area contributed by atoms with Gasteiger partial charge in [-0.25, -0.2) is 0 Å². The second-order valence-electron chi connectivity index (χ2n) is 4.84. The summed E-state index contributed by atoms with van der Waals surface area (Å²) in [4.78, 5) is 0. The topological polar surface area (TPSA) is 51.0 Å². The molecule has 0 aliphatic carbocycles. The van der Waals surface area contributed by atoms with Crippen molar-refractivity contribution >= 4 is 23.2 Å². The number of hydrogen-bond donors (Lipinski definition) is 1. The molecule has 0 saturated carbocycles. The van der Waals surface area contributed by atoms with Gasteiger partial charge in [-0.1, -0.05) is 37.0 Å². The molecule has 2 rings (SSSR count). The van der Waals surface area contributed by atoms with Gasteiger partial charge in [0.1, 0.15) is 0 Å². The molecule has 20 heavy (non-hydrogen) atoms. The van der Waals surface area contributed by atoms with Gasteiger partial charge in [-0.05, 0) is 31.2 Å². The Morgan fingerprint density at radius 2 is 2.05 bits per heavy atom. The van der Waals surface area contributed by atoms with Crippen LogP contribution in [-0.2, 0) is 6.42 Å². The number of aryl methyl sites for hydroxylation is 1. The summed E-state index contributed by atoms with van der Waals surface area (Å²) >= 11 is 12.0. The van der Waals surface area contributed by atoms with Crippen LogP contribution in [0.1, 0.15) is 26.2 Å². The molecule has 0 spiro atoms. The van der Waals surface area contributed by atoms with E-state index in [0.29, 0.717) is 33.4 Å². The molecule has 0 fully saturated rings. The van der Waals surface area contributed by atoms with Crippen LogP contribution < -0.4 is 5.32 Å². The van der Waals surface area contributed by atoms with Crippen molar-refractivity contribution < 1.29 is 4.42 Å². The van der Waals surface area contributed by atoms with Gasteiger partial charge in [0.25, 0.3) is 0 Å². The monoisotopic (exact) mass is 313 g/mol. The van der Waals surface area contributed by atoms with E-state index in [2.05, 4.69) is 29.4 Å². The van der Waals surface area contributed by atoms with E-state index in [1.54, 1.807) is 18.2 Å². The molecule has 0 unspecified atom stereocenters. The highest BCUT2D eigenvalue weighted by atomic mass is 35.5. The minimum absolute atomic E-state index is 0.429. The van der Waals surface area contributed by atoms with E-state index in [9.17, 15) is 0 Å². The van der Waals surface area contributed by atoms with Crippen molar-refractivity contribution in [2.24, 2.45) is 0 Å². The molecule has 1 aromatic heterocycles. The summed E-state index contributed by atoms with van der Waals surface area (Å²) in [5.41, 5.74) is 0.704. The third-order valence-corrected chi connectivity index (χ3v) is 3.30. The summed E-state index contributed by atoms with van der Waals surface area (Å²) in [6.07, 6.45) is 1.70. The average Bonchev–Trinajstić information content (AvgIpc) is 2.83. The lowest BCUT2D eigenvalue weighted by Gasteiger charge is -2.05. The Kier molecular flexibility index (Phi) is 5.40. The number of benzene rings is 1. The highest BCUT2D eigenvalue weighted by Crippen LogP contribution is 2.29. The largest absolute Gasteiger partial charge is 0.421 e. The van der Waals surface area contributed by atoms with Gasteiger partial charge in [-0.15, -0.1) is 10.2 Å². The molecule has 108 valence electrons. The standard InChI is InChI=1S/C14H17Cl2N3O/c1-9(2)17-7-3-4-13-18-19-14(20-13)11-6-5-10(15)8-12(11)16/h5-6,8-9,17H,3-4,7H2,1-2H3. The molecule has 0 aliphatic rings. The van der Waals surface area contributed by atoms with Gasteiger partial charge in [0.15, 0.2) is 0 Å². The normalized spacial score (nSPS) is 11.2. The van der Waals surface area contributed by atoms with Crippen LogP contribution in [0.15, 0.2) is 22.6 Å². The first-order valence-electron chi connectivity index (χ1n) is 6.57. The molecule has 0 radical (unpaired) electrons. The molecule has 0 saturated heterocycles. The van der Waals surface area contributed by atoms with Crippen LogP contribution in [0, 0.1) is 0 Å². The fourth-order valence-corrected chi connectivity index (χ4v) is 2.25. The Labute approximate surface area is 128 Å². The van der Waals surface area contributed by atoms with E-state index in [0.717, 1.165) is 19.4 Å². The van der Waals surface area contributed by atoms with Crippen LogP contribution in [-0.4, -0.2) is 22.8 Å². The number of halogens is 2. The summed E-state index contributed by atoms with van der Waals surface area (Å²) < 4.78 is 5.62. The lowest BCUT2D eigenvalue weighted by atomic mass is 10.2. The number of rotatable bonds is 6. The van der Waals surface area contributed by atoms with Crippen LogP contribution in [0.25, 0.3) is 11.5 Å². The molecule has 0 amide bonds. The second kappa shape index (κ2) is 7.07. The van der Waals surface area contributed by atoms with Gasteiger partial charge in [0.2, 0.25) is 11.8 Å². The Bertz CT molecular complexity index is 569. The lowest BCUT2D eigenvalue weighted by molar-refractivity contribution is 0.484. The predicted octanol–water partition coefficient (Wildman–Crippen LogP) is 3.97. The molecule has 1 heterocycles. The van der Waals surface area contributed by atoms with E-state index in [1.807, 2.05) is 0 Å². The SMILES string of the molecule is CC(C)NCCCc1nnc(-c2ccc(Cl)cc2Cl)o1. The molecule has 6 heteroatoms. The van der Waals surface area contributed by atoms with E-state index < -0.39 is 0 Å². The Balaban J connectivity index is 1.98. The van der Waals surface area contributed by atoms with Gasteiger partial charge in [-0.3, -0.25) is 0 Å². The summed E-state index contributed by atoms with van der Waals surface area (Å²) in [6, 6.07) is 5.68. The van der Waals surface area contributed by atoms with Crippen LogP contribution >= 0.6 is 23.2 Å². The first kappa shape index (κ1) is 15.3. The maximum Gasteiger partial charge on any atom is 0.249 e. The van der Waals surface area contributed by atoms with Crippen molar-refractivity contribution in [3.05, 3.63) is 34.1 Å². The van der Waals surface area contributed by atoms with Gasteiger partial charge in [0, 0.05) is 17.5 Å². The van der Waals surface area contributed by atoms with Crippen molar-refractivity contribution in [2.75, 3.05) is 6.54 Å². The zero-order chi connectivity index (χ0) is 14.5. The molecule has 4 nitrogen and oxygen atoms in total. The fourth-order valence-electron chi connectivity index (χ4n) is 1.76. The summed E-state index contributed by atoms with van der Waals surface area (Å²) in [6.45, 7) is 5.16. The van der Waals surface area contributed by atoms with E-state index in [1.165, 1.54) is 0 Å². The molecule has 1 N–H and O–H groups in total. The Hall–Kier alpha value is -1.10. The van der Waals surface area contributed by atoms with Crippen molar-refractivity contribution in [2.45, 2.75) is 32.7 Å². The first-order chi connectivity index (χ1) is 9.56. The van der Waals surface area contributed by atoms with E-state index >= 15 is 0 Å². The third kappa shape index (κ3) is 4.20. The van der Waals surface area contributed by atoms with Crippen molar-refractivity contribution in [1.29, 1.82) is 0 Å². The van der Waals surface area contributed by atoms with Crippen molar-refractivity contribution in [3.63, 3.8) is 0 Å². The Morgan fingerprint density at radius 1 is 1.25 bits per heavy atom. The average molecular weight is 314 g/mol. The van der Waals surface area contributed by atoms with E-state index in [4.69, 9.17) is 27.6 Å². The minimum Gasteiger partial charge on any atom is -0.421 e. The number of nitrogens with one attached hydrogen (secondary N) is 1. The summed E-state index contributed by atoms with van der Waals surface area (Å²) in [5, 5.41) is 12.5. The van der Waals surface area contributed by atoms with Gasteiger partial charge in [0.05, 0.1) is 10.6 Å².